The lowest BCUT2D eigenvalue weighted by molar-refractivity contribution is -0.142. The van der Waals surface area contributed by atoms with Gasteiger partial charge < -0.3 is 10.1 Å². The molecule has 1 fully saturated rings. The van der Waals surface area contributed by atoms with Gasteiger partial charge in [0.25, 0.3) is 0 Å². The number of hydrogen-bond donors (Lipinski definition) is 2. The number of ether oxygens (including phenoxy) is 1. The molecule has 1 aromatic heterocycles. The second-order valence-electron chi connectivity index (χ2n) is 6.71. The zero-order valence-electron chi connectivity index (χ0n) is 16.5. The van der Waals surface area contributed by atoms with Gasteiger partial charge >= 0.3 is 12.0 Å². The SMILES string of the molecule is CCOC(=O)C(C)Sc1nnc(CC2CC(=O)NC(=O)N2)n1-c1cccc(C)c1. The fourth-order valence-corrected chi connectivity index (χ4v) is 3.90. The Labute approximate surface area is 172 Å². The van der Waals surface area contributed by atoms with Gasteiger partial charge in [-0.1, -0.05) is 23.9 Å². The average Bonchev–Trinajstić information content (AvgIpc) is 3.03. The molecule has 1 aliphatic heterocycles. The summed E-state index contributed by atoms with van der Waals surface area (Å²) in [6, 6.07) is 6.91. The van der Waals surface area contributed by atoms with Crippen molar-refractivity contribution < 1.29 is 19.1 Å². The van der Waals surface area contributed by atoms with Crippen LogP contribution in [0.3, 0.4) is 0 Å². The first-order valence-corrected chi connectivity index (χ1v) is 10.2. The molecule has 1 saturated heterocycles. The monoisotopic (exact) mass is 417 g/mol. The summed E-state index contributed by atoms with van der Waals surface area (Å²) < 4.78 is 6.94. The highest BCUT2D eigenvalue weighted by molar-refractivity contribution is 8.00. The van der Waals surface area contributed by atoms with Crippen LogP contribution in [-0.2, 0) is 20.7 Å². The van der Waals surface area contributed by atoms with Crippen molar-refractivity contribution in [2.24, 2.45) is 0 Å². The molecular weight excluding hydrogens is 394 g/mol. The van der Waals surface area contributed by atoms with E-state index in [1.54, 1.807) is 13.8 Å². The van der Waals surface area contributed by atoms with Gasteiger partial charge in [-0.3, -0.25) is 19.5 Å². The number of esters is 1. The Kier molecular flexibility index (Phi) is 6.53. The zero-order valence-corrected chi connectivity index (χ0v) is 17.3. The van der Waals surface area contributed by atoms with Crippen LogP contribution in [0, 0.1) is 6.92 Å². The Bertz CT molecular complexity index is 913. The number of hydrogen-bond acceptors (Lipinski definition) is 7. The number of aromatic nitrogens is 3. The summed E-state index contributed by atoms with van der Waals surface area (Å²) in [5, 5.41) is 13.6. The van der Waals surface area contributed by atoms with Gasteiger partial charge in [0.2, 0.25) is 5.91 Å². The van der Waals surface area contributed by atoms with E-state index in [1.807, 2.05) is 35.8 Å². The Morgan fingerprint density at radius 1 is 1.38 bits per heavy atom. The summed E-state index contributed by atoms with van der Waals surface area (Å²) in [4.78, 5) is 35.4. The molecule has 0 radical (unpaired) electrons. The van der Waals surface area contributed by atoms with Crippen LogP contribution in [0.5, 0.6) is 0 Å². The highest BCUT2D eigenvalue weighted by atomic mass is 32.2. The minimum atomic E-state index is -0.515. The molecular formula is C19H23N5O4S. The fourth-order valence-electron chi connectivity index (χ4n) is 3.02. The first-order valence-electron chi connectivity index (χ1n) is 9.32. The minimum Gasteiger partial charge on any atom is -0.465 e. The summed E-state index contributed by atoms with van der Waals surface area (Å²) >= 11 is 1.25. The van der Waals surface area contributed by atoms with Crippen molar-refractivity contribution in [2.75, 3.05) is 6.61 Å². The number of urea groups is 1. The number of benzene rings is 1. The van der Waals surface area contributed by atoms with E-state index in [9.17, 15) is 14.4 Å². The highest BCUT2D eigenvalue weighted by Crippen LogP contribution is 2.27. The molecule has 0 bridgehead atoms. The topological polar surface area (TPSA) is 115 Å². The molecule has 1 aliphatic rings. The maximum Gasteiger partial charge on any atom is 0.321 e. The molecule has 3 amide bonds. The number of thioether (sulfide) groups is 1. The third kappa shape index (κ3) is 5.14. The summed E-state index contributed by atoms with van der Waals surface area (Å²) in [5.74, 6) is -0.0610. The van der Waals surface area contributed by atoms with Crippen LogP contribution in [0.1, 0.15) is 31.7 Å². The van der Waals surface area contributed by atoms with Crippen molar-refractivity contribution in [2.45, 2.75) is 50.1 Å². The predicted octanol–water partition coefficient (Wildman–Crippen LogP) is 1.76. The summed E-state index contributed by atoms with van der Waals surface area (Å²) in [6.45, 7) is 5.80. The maximum atomic E-state index is 12.1. The largest absolute Gasteiger partial charge is 0.465 e. The van der Waals surface area contributed by atoms with Crippen LogP contribution < -0.4 is 10.6 Å². The molecule has 2 aromatic rings. The number of carbonyl (C=O) groups is 3. The third-order valence-corrected chi connectivity index (χ3v) is 5.33. The number of carbonyl (C=O) groups excluding carboxylic acids is 3. The molecule has 154 valence electrons. The summed E-state index contributed by atoms with van der Waals surface area (Å²) in [5.41, 5.74) is 1.90. The number of aryl methyl sites for hydroxylation is 1. The molecule has 2 atom stereocenters. The maximum absolute atomic E-state index is 12.1. The van der Waals surface area contributed by atoms with Crippen molar-refractivity contribution in [1.82, 2.24) is 25.4 Å². The van der Waals surface area contributed by atoms with Crippen molar-refractivity contribution in [3.05, 3.63) is 35.7 Å². The van der Waals surface area contributed by atoms with E-state index < -0.39 is 11.3 Å². The molecule has 10 heteroatoms. The van der Waals surface area contributed by atoms with Crippen LogP contribution >= 0.6 is 11.8 Å². The molecule has 2 N–H and O–H groups in total. The highest BCUT2D eigenvalue weighted by Gasteiger charge is 2.28. The van der Waals surface area contributed by atoms with Crippen molar-refractivity contribution in [3.8, 4) is 5.69 Å². The van der Waals surface area contributed by atoms with E-state index >= 15 is 0 Å². The van der Waals surface area contributed by atoms with E-state index in [0.717, 1.165) is 11.3 Å². The second-order valence-corrected chi connectivity index (χ2v) is 8.02. The molecule has 3 rings (SSSR count). The number of nitrogens with zero attached hydrogens (tertiary/aromatic N) is 3. The number of imide groups is 1. The Hall–Kier alpha value is -2.88. The smallest absolute Gasteiger partial charge is 0.321 e. The molecule has 0 spiro atoms. The molecule has 0 aliphatic carbocycles. The third-order valence-electron chi connectivity index (χ3n) is 4.31. The normalized spacial score (nSPS) is 17.4. The van der Waals surface area contributed by atoms with Gasteiger partial charge in [-0.15, -0.1) is 10.2 Å². The van der Waals surface area contributed by atoms with E-state index in [2.05, 4.69) is 20.8 Å². The average molecular weight is 417 g/mol. The van der Waals surface area contributed by atoms with Crippen LogP contribution in [0.25, 0.3) is 5.69 Å². The lowest BCUT2D eigenvalue weighted by Gasteiger charge is -2.23. The molecule has 1 aromatic carbocycles. The fraction of sp³-hybridized carbons (Fsp3) is 0.421. The standard InChI is InChI=1S/C19H23N5O4S/c1-4-28-17(26)12(3)29-19-23-22-15(9-13-10-16(25)21-18(27)20-13)24(19)14-7-5-6-11(2)8-14/h5-8,12-13H,4,9-10H2,1-3H3,(H2,20,21,25,27). The van der Waals surface area contributed by atoms with Crippen molar-refractivity contribution in [3.63, 3.8) is 0 Å². The van der Waals surface area contributed by atoms with Crippen LogP contribution in [-0.4, -0.2) is 50.6 Å². The predicted molar refractivity (Wildman–Crippen MR) is 107 cm³/mol. The van der Waals surface area contributed by atoms with Gasteiger partial charge in [0, 0.05) is 24.6 Å². The van der Waals surface area contributed by atoms with E-state index in [1.165, 1.54) is 11.8 Å². The molecule has 9 nitrogen and oxygen atoms in total. The summed E-state index contributed by atoms with van der Waals surface area (Å²) in [7, 11) is 0. The van der Waals surface area contributed by atoms with Gasteiger partial charge in [-0.2, -0.15) is 0 Å². The van der Waals surface area contributed by atoms with E-state index in [4.69, 9.17) is 4.74 Å². The van der Waals surface area contributed by atoms with Crippen LogP contribution in [0.2, 0.25) is 0 Å². The van der Waals surface area contributed by atoms with Gasteiger partial charge in [0.15, 0.2) is 5.16 Å². The Morgan fingerprint density at radius 2 is 2.17 bits per heavy atom. The minimum absolute atomic E-state index is 0.161. The van der Waals surface area contributed by atoms with Crippen molar-refractivity contribution >= 4 is 29.7 Å². The van der Waals surface area contributed by atoms with E-state index in [-0.39, 0.29) is 24.3 Å². The number of nitrogens with one attached hydrogen (secondary N) is 2. The number of rotatable bonds is 7. The van der Waals surface area contributed by atoms with Gasteiger partial charge in [0.1, 0.15) is 11.1 Å². The Morgan fingerprint density at radius 3 is 2.86 bits per heavy atom. The van der Waals surface area contributed by atoms with Crippen LogP contribution in [0.4, 0.5) is 4.79 Å². The number of amides is 3. The van der Waals surface area contributed by atoms with Gasteiger partial charge in [0.05, 0.1) is 6.61 Å². The molecule has 29 heavy (non-hydrogen) atoms. The molecule has 2 heterocycles. The summed E-state index contributed by atoms with van der Waals surface area (Å²) in [6.07, 6.45) is 0.489. The van der Waals surface area contributed by atoms with Crippen LogP contribution in [0.15, 0.2) is 29.4 Å². The molecule has 0 saturated carbocycles. The quantitative estimate of drug-likeness (QED) is 0.521. The zero-order chi connectivity index (χ0) is 21.0. The second kappa shape index (κ2) is 9.08. The first-order chi connectivity index (χ1) is 13.9. The van der Waals surface area contributed by atoms with Gasteiger partial charge in [-0.05, 0) is 38.5 Å². The lowest BCUT2D eigenvalue weighted by Crippen LogP contribution is -2.53. The van der Waals surface area contributed by atoms with Crippen molar-refractivity contribution in [1.29, 1.82) is 0 Å². The van der Waals surface area contributed by atoms with Gasteiger partial charge in [-0.25, -0.2) is 4.79 Å². The first kappa shape index (κ1) is 20.8. The van der Waals surface area contributed by atoms with E-state index in [0.29, 0.717) is 24.0 Å². The lowest BCUT2D eigenvalue weighted by atomic mass is 10.1. The Balaban J connectivity index is 1.92. The molecule has 2 unspecified atom stereocenters.